The first-order valence-corrected chi connectivity index (χ1v) is 27.0. The number of hydrogen-bond acceptors (Lipinski definition) is 6. The molecule has 58 heavy (non-hydrogen) atoms. The van der Waals surface area contributed by atoms with Crippen LogP contribution in [-0.2, 0) is 9.47 Å². The zero-order chi connectivity index (χ0) is 40.8. The molecule has 298 valence electrons. The maximum Gasteiger partial charge on any atom is 0.129 e. The molecule has 0 saturated carbocycles. The molecule has 0 spiro atoms. The van der Waals surface area contributed by atoms with Crippen LogP contribution in [0, 0.1) is 22.9 Å². The van der Waals surface area contributed by atoms with E-state index in [0.717, 1.165) is 66.8 Å². The Morgan fingerprint density at radius 2 is 0.741 bits per heavy atom. The molecule has 0 radical (unpaired) electrons. The van der Waals surface area contributed by atoms with Crippen molar-refractivity contribution in [2.24, 2.45) is 0 Å². The van der Waals surface area contributed by atoms with Gasteiger partial charge in [-0.1, -0.05) is 112 Å². The van der Waals surface area contributed by atoms with Crippen molar-refractivity contribution in [3.8, 4) is 57.1 Å². The second-order valence-corrected chi connectivity index (χ2v) is 25.5. The fraction of sp³-hybridized carbons (Fsp3) is 0.280. The lowest BCUT2D eigenvalue weighted by Crippen LogP contribution is -2.16. The molecule has 0 atom stereocenters. The highest BCUT2D eigenvalue weighted by Crippen LogP contribution is 2.45. The smallest absolute Gasteiger partial charge is 0.129 e. The quantitative estimate of drug-likeness (QED) is 0.0520. The molecule has 0 aliphatic rings. The lowest BCUT2D eigenvalue weighted by molar-refractivity contribution is 0.0762. The summed E-state index contributed by atoms with van der Waals surface area (Å²) in [6.45, 7) is 16.8. The van der Waals surface area contributed by atoms with Gasteiger partial charge in [-0.05, 0) is 82.2 Å². The van der Waals surface area contributed by atoms with E-state index in [-0.39, 0.29) is 0 Å². The van der Waals surface area contributed by atoms with Crippen molar-refractivity contribution in [3.63, 3.8) is 0 Å². The monoisotopic (exact) mass is 806 g/mol. The van der Waals surface area contributed by atoms with E-state index in [1.54, 1.807) is 0 Å². The zero-order valence-electron chi connectivity index (χ0n) is 34.7. The first-order chi connectivity index (χ1) is 28.0. The summed E-state index contributed by atoms with van der Waals surface area (Å²) in [7, 11) is -2.83. The van der Waals surface area contributed by atoms with E-state index in [4.69, 9.17) is 28.4 Å². The third-order valence-corrected chi connectivity index (χ3v) is 10.6. The van der Waals surface area contributed by atoms with Crippen molar-refractivity contribution >= 4 is 37.7 Å². The number of hydrogen-bond donors (Lipinski definition) is 0. The van der Waals surface area contributed by atoms with E-state index in [0.29, 0.717) is 52.9 Å². The van der Waals surface area contributed by atoms with Gasteiger partial charge in [0.15, 0.2) is 0 Å². The zero-order valence-corrected chi connectivity index (χ0v) is 36.7. The molecular formula is C50H54O6Si2. The average Bonchev–Trinajstić information content (AvgIpc) is 3.21. The summed E-state index contributed by atoms with van der Waals surface area (Å²) in [5.41, 5.74) is 10.8. The van der Waals surface area contributed by atoms with Gasteiger partial charge in [0, 0.05) is 22.3 Å². The summed E-state index contributed by atoms with van der Waals surface area (Å²) >= 11 is 0. The fourth-order valence-electron chi connectivity index (χ4n) is 6.11. The van der Waals surface area contributed by atoms with Crippen molar-refractivity contribution in [1.82, 2.24) is 0 Å². The highest BCUT2D eigenvalue weighted by molar-refractivity contribution is 6.84. The van der Waals surface area contributed by atoms with Crippen LogP contribution in [0.2, 0.25) is 39.3 Å². The topological polar surface area (TPSA) is 55.4 Å². The summed E-state index contributed by atoms with van der Waals surface area (Å²) in [5.74, 6) is 9.69. The Morgan fingerprint density at radius 1 is 0.379 bits per heavy atom. The molecule has 0 unspecified atom stereocenters. The van der Waals surface area contributed by atoms with Gasteiger partial charge in [0.2, 0.25) is 0 Å². The van der Waals surface area contributed by atoms with Crippen LogP contribution >= 0.6 is 0 Å². The lowest BCUT2D eigenvalue weighted by atomic mass is 9.92. The van der Waals surface area contributed by atoms with Crippen LogP contribution in [0.3, 0.4) is 0 Å². The Hall–Kier alpha value is -5.49. The molecule has 8 heteroatoms. The predicted molar refractivity (Wildman–Crippen MR) is 244 cm³/mol. The van der Waals surface area contributed by atoms with E-state index in [1.807, 2.05) is 60.7 Å². The molecule has 6 rings (SSSR count). The van der Waals surface area contributed by atoms with E-state index in [9.17, 15) is 0 Å². The first kappa shape index (κ1) is 42.1. The Balaban J connectivity index is 1.05. The number of benzene rings is 6. The van der Waals surface area contributed by atoms with Crippen molar-refractivity contribution in [2.75, 3.05) is 52.9 Å². The van der Waals surface area contributed by atoms with Gasteiger partial charge in [0.25, 0.3) is 0 Å². The van der Waals surface area contributed by atoms with Crippen molar-refractivity contribution < 1.29 is 28.4 Å². The van der Waals surface area contributed by atoms with Crippen LogP contribution in [0.5, 0.6) is 23.0 Å². The minimum Gasteiger partial charge on any atom is -0.491 e. The predicted octanol–water partition coefficient (Wildman–Crippen LogP) is 11.1. The standard InChI is InChI=1S/C50H54O6Si2/c1-57(2,3)37-27-39-15-21-43(22-16-39)53-33-29-51-31-35-55-47-25-19-41-11-7-9-13-45(41)49(47)50-46-14-10-8-12-42(46)20-26-48(50)56-36-32-52-30-34-54-44-23-17-40(18-24-44)28-38-58(4,5)6/h7-26H,29-36H2,1-6H3. The highest BCUT2D eigenvalue weighted by atomic mass is 28.3. The van der Waals surface area contributed by atoms with Crippen LogP contribution in [0.25, 0.3) is 32.7 Å². The van der Waals surface area contributed by atoms with E-state index in [2.05, 4.69) is 123 Å². The highest BCUT2D eigenvalue weighted by Gasteiger charge is 2.19. The maximum atomic E-state index is 6.49. The minimum absolute atomic E-state index is 0.378. The Kier molecular flexibility index (Phi) is 14.7. The summed E-state index contributed by atoms with van der Waals surface area (Å²) in [4.78, 5) is 0. The van der Waals surface area contributed by atoms with Crippen LogP contribution in [-0.4, -0.2) is 69.0 Å². The SMILES string of the molecule is C[Si](C)(C)C#Cc1ccc(OCCOCCOc2ccc3ccccc3c2-c2c(OCCOCCOc3ccc(C#C[Si](C)(C)C)cc3)ccc3ccccc23)cc1. The van der Waals surface area contributed by atoms with Crippen LogP contribution in [0.1, 0.15) is 11.1 Å². The molecule has 0 aliphatic carbocycles. The van der Waals surface area contributed by atoms with Crippen molar-refractivity contribution in [3.05, 3.63) is 132 Å². The Labute approximate surface area is 346 Å². The molecule has 0 saturated heterocycles. The van der Waals surface area contributed by atoms with Gasteiger partial charge in [-0.15, -0.1) is 11.1 Å². The van der Waals surface area contributed by atoms with Gasteiger partial charge >= 0.3 is 0 Å². The lowest BCUT2D eigenvalue weighted by Gasteiger charge is -2.20. The minimum atomic E-state index is -1.42. The van der Waals surface area contributed by atoms with Crippen LogP contribution in [0.4, 0.5) is 0 Å². The van der Waals surface area contributed by atoms with Gasteiger partial charge in [0.1, 0.15) is 65.6 Å². The second kappa shape index (κ2) is 20.3. The molecular weight excluding hydrogens is 753 g/mol. The van der Waals surface area contributed by atoms with Gasteiger partial charge in [-0.3, -0.25) is 0 Å². The fourth-order valence-corrected chi connectivity index (χ4v) is 7.15. The third-order valence-electron chi connectivity index (χ3n) is 8.87. The number of rotatable bonds is 17. The molecule has 0 amide bonds. The number of ether oxygens (including phenoxy) is 6. The molecule has 0 aliphatic heterocycles. The molecule has 6 aromatic rings. The number of fused-ring (bicyclic) bond motifs is 2. The van der Waals surface area contributed by atoms with Gasteiger partial charge in [-0.2, -0.15) is 0 Å². The van der Waals surface area contributed by atoms with Gasteiger partial charge < -0.3 is 28.4 Å². The van der Waals surface area contributed by atoms with Crippen molar-refractivity contribution in [1.29, 1.82) is 0 Å². The average molecular weight is 807 g/mol. The summed E-state index contributed by atoms with van der Waals surface area (Å²) in [5, 5.41) is 4.39. The molecule has 0 bridgehead atoms. The summed E-state index contributed by atoms with van der Waals surface area (Å²) in [6.07, 6.45) is 0. The van der Waals surface area contributed by atoms with Crippen LogP contribution in [0.15, 0.2) is 121 Å². The molecule has 0 heterocycles. The Bertz CT molecular complexity index is 2220. The molecule has 0 fully saturated rings. The normalized spacial score (nSPS) is 11.3. The van der Waals surface area contributed by atoms with Crippen molar-refractivity contribution in [2.45, 2.75) is 39.3 Å². The van der Waals surface area contributed by atoms with E-state index < -0.39 is 16.1 Å². The second-order valence-electron chi connectivity index (χ2n) is 16.0. The largest absolute Gasteiger partial charge is 0.491 e. The molecule has 0 aromatic heterocycles. The molecule has 0 N–H and O–H groups in total. The van der Waals surface area contributed by atoms with Crippen LogP contribution < -0.4 is 18.9 Å². The maximum absolute atomic E-state index is 6.49. The third kappa shape index (κ3) is 12.8. The molecule has 6 nitrogen and oxygen atoms in total. The Morgan fingerprint density at radius 3 is 1.12 bits per heavy atom. The molecule has 6 aromatic carbocycles. The van der Waals surface area contributed by atoms with Gasteiger partial charge in [0.05, 0.1) is 26.4 Å². The summed E-state index contributed by atoms with van der Waals surface area (Å²) in [6, 6.07) is 40.9. The summed E-state index contributed by atoms with van der Waals surface area (Å²) < 4.78 is 36.7. The van der Waals surface area contributed by atoms with E-state index in [1.165, 1.54) is 0 Å². The van der Waals surface area contributed by atoms with E-state index >= 15 is 0 Å². The first-order valence-electron chi connectivity index (χ1n) is 20.0. The van der Waals surface area contributed by atoms with Gasteiger partial charge in [-0.25, -0.2) is 0 Å².